The molecule has 78 valence electrons. The Morgan fingerprint density at radius 3 is 2.31 bits per heavy atom. The van der Waals surface area contributed by atoms with E-state index in [-0.39, 0.29) is 6.54 Å². The predicted molar refractivity (Wildman–Crippen MR) is 42.3 cm³/mol. The third kappa shape index (κ3) is 3.77. The van der Waals surface area contributed by atoms with E-state index >= 15 is 0 Å². The Bertz CT molecular complexity index is 165. The van der Waals surface area contributed by atoms with Crippen LogP contribution in [0.3, 0.4) is 0 Å². The van der Waals surface area contributed by atoms with Crippen molar-refractivity contribution in [2.24, 2.45) is 5.84 Å². The van der Waals surface area contributed by atoms with Crippen molar-refractivity contribution < 1.29 is 25.2 Å². The van der Waals surface area contributed by atoms with Crippen molar-refractivity contribution in [2.45, 2.75) is 18.3 Å². The SMILES string of the molecule is NNCC(=O)[C@H](O)[C@@H](O)[C@H](O)CO. The molecule has 7 heteroatoms. The lowest BCUT2D eigenvalue weighted by atomic mass is 10.1. The first-order chi connectivity index (χ1) is 6.04. The second kappa shape index (κ2) is 5.97. The van der Waals surface area contributed by atoms with Crippen LogP contribution in [-0.4, -0.2) is 57.7 Å². The van der Waals surface area contributed by atoms with Crippen LogP contribution in [0.15, 0.2) is 0 Å². The Labute approximate surface area is 74.8 Å². The van der Waals surface area contributed by atoms with Crippen LogP contribution in [-0.2, 0) is 4.79 Å². The van der Waals surface area contributed by atoms with Crippen molar-refractivity contribution >= 4 is 5.78 Å². The van der Waals surface area contributed by atoms with Crippen LogP contribution < -0.4 is 11.3 Å². The zero-order chi connectivity index (χ0) is 10.4. The summed E-state index contributed by atoms with van der Waals surface area (Å²) in [7, 11) is 0. The molecule has 0 heterocycles. The number of aliphatic hydroxyl groups is 4. The number of rotatable bonds is 6. The fourth-order valence-corrected chi connectivity index (χ4v) is 0.714. The molecule has 0 aliphatic rings. The fraction of sp³-hybridized carbons (Fsp3) is 0.833. The van der Waals surface area contributed by atoms with E-state index in [9.17, 15) is 4.79 Å². The number of nitrogens with one attached hydrogen (secondary N) is 1. The molecule has 0 radical (unpaired) electrons. The molecule has 0 bridgehead atoms. The normalized spacial score (nSPS) is 17.9. The third-order valence-corrected chi connectivity index (χ3v) is 1.51. The van der Waals surface area contributed by atoms with E-state index in [2.05, 4.69) is 0 Å². The first-order valence-corrected chi connectivity index (χ1v) is 3.65. The maximum Gasteiger partial charge on any atom is 0.179 e. The van der Waals surface area contributed by atoms with Gasteiger partial charge in [-0.25, -0.2) is 0 Å². The van der Waals surface area contributed by atoms with Gasteiger partial charge < -0.3 is 20.4 Å². The molecule has 0 amide bonds. The largest absolute Gasteiger partial charge is 0.394 e. The highest BCUT2D eigenvalue weighted by Crippen LogP contribution is 2.00. The van der Waals surface area contributed by atoms with Crippen molar-refractivity contribution in [2.75, 3.05) is 13.2 Å². The summed E-state index contributed by atoms with van der Waals surface area (Å²) < 4.78 is 0. The number of nitrogens with two attached hydrogens (primary N) is 1. The topological polar surface area (TPSA) is 136 Å². The molecule has 0 aliphatic carbocycles. The highest BCUT2D eigenvalue weighted by Gasteiger charge is 2.28. The second-order valence-electron chi connectivity index (χ2n) is 2.53. The van der Waals surface area contributed by atoms with Gasteiger partial charge in [-0.1, -0.05) is 0 Å². The molecule has 0 aromatic heterocycles. The van der Waals surface area contributed by atoms with E-state index in [4.69, 9.17) is 26.3 Å². The monoisotopic (exact) mass is 194 g/mol. The van der Waals surface area contributed by atoms with Gasteiger partial charge in [-0.2, -0.15) is 0 Å². The fourth-order valence-electron chi connectivity index (χ4n) is 0.714. The van der Waals surface area contributed by atoms with Crippen LogP contribution in [0.4, 0.5) is 0 Å². The molecule has 13 heavy (non-hydrogen) atoms. The van der Waals surface area contributed by atoms with Crippen LogP contribution in [0.2, 0.25) is 0 Å². The van der Waals surface area contributed by atoms with Crippen molar-refractivity contribution in [3.8, 4) is 0 Å². The Balaban J connectivity index is 4.07. The van der Waals surface area contributed by atoms with Crippen LogP contribution >= 0.6 is 0 Å². The van der Waals surface area contributed by atoms with Crippen molar-refractivity contribution in [1.82, 2.24) is 5.43 Å². The number of aliphatic hydroxyl groups excluding tert-OH is 4. The lowest BCUT2D eigenvalue weighted by Gasteiger charge is -2.20. The molecule has 0 fully saturated rings. The Hall–Kier alpha value is -0.570. The first kappa shape index (κ1) is 12.4. The molecule has 7 N–H and O–H groups in total. The van der Waals surface area contributed by atoms with Gasteiger partial charge in [-0.3, -0.25) is 16.1 Å². The number of hydrogen-bond donors (Lipinski definition) is 6. The summed E-state index contributed by atoms with van der Waals surface area (Å²) >= 11 is 0. The summed E-state index contributed by atoms with van der Waals surface area (Å²) in [6.07, 6.45) is -5.00. The van der Waals surface area contributed by atoms with Gasteiger partial charge in [-0.15, -0.1) is 0 Å². The number of carbonyl (C=O) groups excluding carboxylic acids is 1. The summed E-state index contributed by atoms with van der Waals surface area (Å²) in [4.78, 5) is 10.9. The van der Waals surface area contributed by atoms with Crippen LogP contribution in [0.1, 0.15) is 0 Å². The molecule has 3 atom stereocenters. The maximum absolute atomic E-state index is 10.9. The predicted octanol–water partition coefficient (Wildman–Crippen LogP) is -3.91. The van der Waals surface area contributed by atoms with Gasteiger partial charge in [0, 0.05) is 0 Å². The molecule has 0 saturated heterocycles. The Morgan fingerprint density at radius 2 is 1.92 bits per heavy atom. The Morgan fingerprint density at radius 1 is 1.38 bits per heavy atom. The lowest BCUT2D eigenvalue weighted by Crippen LogP contribution is -2.47. The van der Waals surface area contributed by atoms with Gasteiger partial charge in [0.25, 0.3) is 0 Å². The highest BCUT2D eigenvalue weighted by atomic mass is 16.4. The van der Waals surface area contributed by atoms with Crippen molar-refractivity contribution in [1.29, 1.82) is 0 Å². The van der Waals surface area contributed by atoms with E-state index in [1.54, 1.807) is 0 Å². The number of carbonyl (C=O) groups is 1. The molecule has 0 aliphatic heterocycles. The van der Waals surface area contributed by atoms with E-state index in [0.29, 0.717) is 0 Å². The number of hydrazine groups is 1. The van der Waals surface area contributed by atoms with Gasteiger partial charge in [-0.05, 0) is 0 Å². The lowest BCUT2D eigenvalue weighted by molar-refractivity contribution is -0.139. The van der Waals surface area contributed by atoms with E-state index < -0.39 is 30.7 Å². The molecular formula is C6H14N2O5. The average molecular weight is 194 g/mol. The first-order valence-electron chi connectivity index (χ1n) is 3.65. The molecule has 0 spiro atoms. The van der Waals surface area contributed by atoms with E-state index in [1.165, 1.54) is 0 Å². The summed E-state index contributed by atoms with van der Waals surface area (Å²) in [6.45, 7) is -1.06. The third-order valence-electron chi connectivity index (χ3n) is 1.51. The minimum atomic E-state index is -1.75. The van der Waals surface area contributed by atoms with Crippen LogP contribution in [0, 0.1) is 0 Å². The van der Waals surface area contributed by atoms with Crippen molar-refractivity contribution in [3.05, 3.63) is 0 Å². The van der Waals surface area contributed by atoms with Gasteiger partial charge in [0.05, 0.1) is 13.2 Å². The smallest absolute Gasteiger partial charge is 0.179 e. The van der Waals surface area contributed by atoms with E-state index in [0.717, 1.165) is 0 Å². The number of Topliss-reactive ketones (excluding diaryl/α,β-unsaturated/α-hetero) is 1. The minimum Gasteiger partial charge on any atom is -0.394 e. The van der Waals surface area contributed by atoms with Crippen molar-refractivity contribution in [3.63, 3.8) is 0 Å². The number of ketones is 1. The van der Waals surface area contributed by atoms with Gasteiger partial charge in [0.1, 0.15) is 18.3 Å². The summed E-state index contributed by atoms with van der Waals surface area (Å²) in [5.41, 5.74) is 2.00. The number of hydrogen-bond acceptors (Lipinski definition) is 7. The van der Waals surface area contributed by atoms with Gasteiger partial charge in [0.15, 0.2) is 5.78 Å². The molecular weight excluding hydrogens is 180 g/mol. The maximum atomic E-state index is 10.9. The zero-order valence-corrected chi connectivity index (χ0v) is 6.92. The van der Waals surface area contributed by atoms with Crippen LogP contribution in [0.5, 0.6) is 0 Å². The quantitative estimate of drug-likeness (QED) is 0.188. The summed E-state index contributed by atoms with van der Waals surface area (Å²) in [6, 6.07) is 0. The Kier molecular flexibility index (Phi) is 5.71. The summed E-state index contributed by atoms with van der Waals surface area (Å²) in [5.74, 6) is 4.04. The highest BCUT2D eigenvalue weighted by molar-refractivity contribution is 5.85. The minimum absolute atomic E-state index is 0.323. The second-order valence-corrected chi connectivity index (χ2v) is 2.53. The van der Waals surface area contributed by atoms with Gasteiger partial charge >= 0.3 is 0 Å². The molecule has 0 aromatic carbocycles. The van der Waals surface area contributed by atoms with E-state index in [1.807, 2.05) is 5.43 Å². The summed E-state index contributed by atoms with van der Waals surface area (Å²) in [5, 5.41) is 35.3. The standard InChI is InChI=1S/C6H14N2O5/c7-8-1-3(10)5(12)6(13)4(11)2-9/h4-6,8-9,11-13H,1-2,7H2/t4-,5+,6+/m1/s1. The average Bonchev–Trinajstić information content (AvgIpc) is 2.14. The molecule has 0 rings (SSSR count). The van der Waals surface area contributed by atoms with Gasteiger partial charge in [0.2, 0.25) is 0 Å². The molecule has 0 saturated carbocycles. The zero-order valence-electron chi connectivity index (χ0n) is 6.92. The molecule has 7 nitrogen and oxygen atoms in total. The molecule has 0 unspecified atom stereocenters. The molecule has 0 aromatic rings. The van der Waals surface area contributed by atoms with Crippen LogP contribution in [0.25, 0.3) is 0 Å².